The molecule has 0 radical (unpaired) electrons. The maximum atomic E-state index is 13.0. The van der Waals surface area contributed by atoms with Gasteiger partial charge in [0.25, 0.3) is 0 Å². The number of amides is 1. The standard InChI is InChI=1S/C19H26N6O/c1-11-16(12(2)24-23-11)17(20)19(26)25-9-8-14-15(10-25)22-18(21-14)13-6-4-3-5-7-13/h3-7,11-12,16-17,23-24H,8-10,20H2,1-2H3,(H,21,22). The van der Waals surface area contributed by atoms with Crippen LogP contribution in [0.1, 0.15) is 25.2 Å². The second kappa shape index (κ2) is 6.83. The number of carbonyl (C=O) groups is 1. The number of H-pyrrole nitrogens is 1. The smallest absolute Gasteiger partial charge is 0.240 e. The molecule has 5 N–H and O–H groups in total. The van der Waals surface area contributed by atoms with Gasteiger partial charge in [0.15, 0.2) is 0 Å². The van der Waals surface area contributed by atoms with Crippen LogP contribution in [-0.2, 0) is 17.8 Å². The van der Waals surface area contributed by atoms with Crippen molar-refractivity contribution in [2.24, 2.45) is 11.7 Å². The van der Waals surface area contributed by atoms with Crippen molar-refractivity contribution in [1.82, 2.24) is 25.7 Å². The number of nitrogens with zero attached hydrogens (tertiary/aromatic N) is 2. The first kappa shape index (κ1) is 17.2. The molecule has 7 nitrogen and oxygen atoms in total. The first-order valence-electron chi connectivity index (χ1n) is 9.23. The Morgan fingerprint density at radius 3 is 2.62 bits per heavy atom. The number of aromatic amines is 1. The fourth-order valence-electron chi connectivity index (χ4n) is 4.10. The molecule has 3 atom stereocenters. The first-order valence-corrected chi connectivity index (χ1v) is 9.23. The normalized spacial score (nSPS) is 26.6. The summed E-state index contributed by atoms with van der Waals surface area (Å²) in [6.07, 6.45) is 0.753. The van der Waals surface area contributed by atoms with Crippen LogP contribution in [0.4, 0.5) is 0 Å². The molecule has 1 amide bonds. The van der Waals surface area contributed by atoms with E-state index in [1.165, 1.54) is 0 Å². The Morgan fingerprint density at radius 1 is 1.23 bits per heavy atom. The van der Waals surface area contributed by atoms with Crippen LogP contribution in [0.3, 0.4) is 0 Å². The summed E-state index contributed by atoms with van der Waals surface area (Å²) in [6.45, 7) is 5.32. The van der Waals surface area contributed by atoms with Crippen LogP contribution < -0.4 is 16.6 Å². The number of rotatable bonds is 3. The van der Waals surface area contributed by atoms with Gasteiger partial charge in [-0.25, -0.2) is 4.98 Å². The Hall–Kier alpha value is -2.22. The van der Waals surface area contributed by atoms with E-state index in [2.05, 4.69) is 29.7 Å². The van der Waals surface area contributed by atoms with Gasteiger partial charge in [0.05, 0.1) is 24.0 Å². The van der Waals surface area contributed by atoms with Crippen molar-refractivity contribution in [2.45, 2.75) is 44.9 Å². The van der Waals surface area contributed by atoms with Crippen LogP contribution in [-0.4, -0.2) is 45.4 Å². The summed E-state index contributed by atoms with van der Waals surface area (Å²) in [4.78, 5) is 22.9. The monoisotopic (exact) mass is 354 g/mol. The molecule has 0 saturated carbocycles. The number of hydrazine groups is 1. The molecular weight excluding hydrogens is 328 g/mol. The van der Waals surface area contributed by atoms with Gasteiger partial charge in [0.2, 0.25) is 5.91 Å². The third-order valence-electron chi connectivity index (χ3n) is 5.58. The van der Waals surface area contributed by atoms with E-state index in [0.29, 0.717) is 13.1 Å². The molecule has 3 unspecified atom stereocenters. The lowest BCUT2D eigenvalue weighted by Gasteiger charge is -2.32. The summed E-state index contributed by atoms with van der Waals surface area (Å²) in [5, 5.41) is 0. The number of benzene rings is 1. The molecule has 0 spiro atoms. The third-order valence-corrected chi connectivity index (χ3v) is 5.58. The number of hydrogen-bond donors (Lipinski definition) is 4. The number of carbonyl (C=O) groups excluding carboxylic acids is 1. The first-order chi connectivity index (χ1) is 12.5. The lowest BCUT2D eigenvalue weighted by Crippen LogP contribution is -2.53. The van der Waals surface area contributed by atoms with Crippen LogP contribution >= 0.6 is 0 Å². The van der Waals surface area contributed by atoms with Crippen LogP contribution in [0.15, 0.2) is 30.3 Å². The molecule has 1 saturated heterocycles. The van der Waals surface area contributed by atoms with Crippen molar-refractivity contribution in [3.63, 3.8) is 0 Å². The highest BCUT2D eigenvalue weighted by molar-refractivity contribution is 5.82. The number of nitrogens with two attached hydrogens (primary N) is 1. The van der Waals surface area contributed by atoms with Crippen LogP contribution in [0, 0.1) is 5.92 Å². The van der Waals surface area contributed by atoms with Gasteiger partial charge in [0, 0.05) is 36.5 Å². The second-order valence-electron chi connectivity index (χ2n) is 7.36. The highest BCUT2D eigenvalue weighted by atomic mass is 16.2. The summed E-state index contributed by atoms with van der Waals surface area (Å²) in [5.74, 6) is 0.951. The lowest BCUT2D eigenvalue weighted by atomic mass is 9.88. The van der Waals surface area contributed by atoms with Crippen LogP contribution in [0.5, 0.6) is 0 Å². The molecule has 4 rings (SSSR count). The van der Waals surface area contributed by atoms with Crippen molar-refractivity contribution >= 4 is 5.91 Å². The topological polar surface area (TPSA) is 99.1 Å². The fourth-order valence-corrected chi connectivity index (χ4v) is 4.10. The Bertz CT molecular complexity index is 779. The molecule has 2 aliphatic heterocycles. The maximum Gasteiger partial charge on any atom is 0.240 e. The predicted octanol–water partition coefficient (Wildman–Crippen LogP) is 0.790. The minimum Gasteiger partial charge on any atom is -0.340 e. The largest absolute Gasteiger partial charge is 0.340 e. The van der Waals surface area contributed by atoms with Crippen molar-refractivity contribution < 1.29 is 4.79 Å². The SMILES string of the molecule is CC1NNC(C)C1C(N)C(=O)N1CCc2nc(-c3ccccc3)[nH]c2C1. The minimum absolute atomic E-state index is 0.0145. The molecule has 2 aliphatic rings. The number of nitrogens with one attached hydrogen (secondary N) is 3. The Morgan fingerprint density at radius 2 is 1.92 bits per heavy atom. The molecule has 2 aromatic rings. The van der Waals surface area contributed by atoms with E-state index >= 15 is 0 Å². The van der Waals surface area contributed by atoms with Crippen molar-refractivity contribution in [3.05, 3.63) is 41.7 Å². The van der Waals surface area contributed by atoms with Gasteiger partial charge in [0.1, 0.15) is 5.82 Å². The van der Waals surface area contributed by atoms with Crippen molar-refractivity contribution in [2.75, 3.05) is 6.54 Å². The summed E-state index contributed by atoms with van der Waals surface area (Å²) in [6, 6.07) is 9.87. The number of hydrogen-bond acceptors (Lipinski definition) is 5. The highest BCUT2D eigenvalue weighted by Crippen LogP contribution is 2.25. The molecule has 1 aromatic heterocycles. The molecule has 26 heavy (non-hydrogen) atoms. The lowest BCUT2D eigenvalue weighted by molar-refractivity contribution is -0.135. The van der Waals surface area contributed by atoms with Crippen LogP contribution in [0.2, 0.25) is 0 Å². The van der Waals surface area contributed by atoms with Crippen molar-refractivity contribution in [1.29, 1.82) is 0 Å². The van der Waals surface area contributed by atoms with E-state index in [-0.39, 0.29) is 23.9 Å². The second-order valence-corrected chi connectivity index (χ2v) is 7.36. The van der Waals surface area contributed by atoms with Gasteiger partial charge in [-0.2, -0.15) is 0 Å². The Kier molecular flexibility index (Phi) is 4.52. The van der Waals surface area contributed by atoms with Gasteiger partial charge in [-0.1, -0.05) is 30.3 Å². The zero-order chi connectivity index (χ0) is 18.3. The summed E-state index contributed by atoms with van der Waals surface area (Å²) in [7, 11) is 0. The van der Waals surface area contributed by atoms with Gasteiger partial charge in [-0.3, -0.25) is 15.6 Å². The molecule has 0 aliphatic carbocycles. The molecule has 138 valence electrons. The zero-order valence-corrected chi connectivity index (χ0v) is 15.2. The Labute approximate surface area is 153 Å². The van der Waals surface area contributed by atoms with Gasteiger partial charge in [-0.05, 0) is 13.8 Å². The van der Waals surface area contributed by atoms with E-state index < -0.39 is 6.04 Å². The summed E-state index contributed by atoms with van der Waals surface area (Å²) in [5.41, 5.74) is 15.8. The van der Waals surface area contributed by atoms with Gasteiger partial charge >= 0.3 is 0 Å². The molecular formula is C19H26N6O. The molecule has 3 heterocycles. The van der Waals surface area contributed by atoms with E-state index in [4.69, 9.17) is 10.7 Å². The fraction of sp³-hybridized carbons (Fsp3) is 0.474. The highest BCUT2D eigenvalue weighted by Gasteiger charge is 2.40. The molecule has 0 bridgehead atoms. The average Bonchev–Trinajstić information content (AvgIpc) is 3.23. The third kappa shape index (κ3) is 3.02. The number of fused-ring (bicyclic) bond motifs is 1. The Balaban J connectivity index is 1.50. The quantitative estimate of drug-likeness (QED) is 0.653. The molecule has 1 fully saturated rings. The van der Waals surface area contributed by atoms with Gasteiger partial charge < -0.3 is 15.6 Å². The van der Waals surface area contributed by atoms with E-state index in [0.717, 1.165) is 29.2 Å². The summed E-state index contributed by atoms with van der Waals surface area (Å²) >= 11 is 0. The van der Waals surface area contributed by atoms with E-state index in [1.807, 2.05) is 35.2 Å². The predicted molar refractivity (Wildman–Crippen MR) is 99.8 cm³/mol. The minimum atomic E-state index is -0.513. The molecule has 1 aromatic carbocycles. The van der Waals surface area contributed by atoms with Crippen LogP contribution in [0.25, 0.3) is 11.4 Å². The number of aromatic nitrogens is 2. The van der Waals surface area contributed by atoms with E-state index in [1.54, 1.807) is 0 Å². The van der Waals surface area contributed by atoms with E-state index in [9.17, 15) is 4.79 Å². The zero-order valence-electron chi connectivity index (χ0n) is 15.2. The van der Waals surface area contributed by atoms with Crippen molar-refractivity contribution in [3.8, 4) is 11.4 Å². The average molecular weight is 354 g/mol. The number of imidazole rings is 1. The maximum absolute atomic E-state index is 13.0. The van der Waals surface area contributed by atoms with Gasteiger partial charge in [-0.15, -0.1) is 0 Å². The molecule has 7 heteroatoms. The summed E-state index contributed by atoms with van der Waals surface area (Å²) < 4.78 is 0.